The van der Waals surface area contributed by atoms with Crippen molar-refractivity contribution in [1.82, 2.24) is 5.32 Å². The number of nitrogens with two attached hydrogens (primary N) is 1. The van der Waals surface area contributed by atoms with Crippen LogP contribution in [-0.2, 0) is 0 Å². The molecule has 3 nitrogen and oxygen atoms in total. The second kappa shape index (κ2) is 6.04. The summed E-state index contributed by atoms with van der Waals surface area (Å²) in [4.78, 5) is 11.9. The highest BCUT2D eigenvalue weighted by Crippen LogP contribution is 2.27. The van der Waals surface area contributed by atoms with E-state index in [0.717, 1.165) is 18.8 Å². The summed E-state index contributed by atoms with van der Waals surface area (Å²) in [5, 5.41) is 2.88. The van der Waals surface area contributed by atoms with Crippen LogP contribution in [0.4, 0.5) is 10.1 Å². The van der Waals surface area contributed by atoms with Crippen molar-refractivity contribution in [3.05, 3.63) is 29.6 Å². The first kappa shape index (κ1) is 13.8. The van der Waals surface area contributed by atoms with Crippen molar-refractivity contribution < 1.29 is 9.18 Å². The Hall–Kier alpha value is -1.58. The number of hydrogen-bond acceptors (Lipinski definition) is 2. The molecule has 1 aromatic carbocycles. The number of carbonyl (C=O) groups is 1. The fraction of sp³-hybridized carbons (Fsp3) is 0.533. The van der Waals surface area contributed by atoms with Crippen molar-refractivity contribution in [2.75, 3.05) is 12.3 Å². The van der Waals surface area contributed by atoms with Gasteiger partial charge in [-0.1, -0.05) is 19.8 Å². The Kier molecular flexibility index (Phi) is 4.40. The molecule has 1 fully saturated rings. The molecular weight excluding hydrogens is 243 g/mol. The van der Waals surface area contributed by atoms with E-state index in [1.54, 1.807) is 0 Å². The molecule has 0 unspecified atom stereocenters. The Morgan fingerprint density at radius 2 is 2.00 bits per heavy atom. The lowest BCUT2D eigenvalue weighted by Crippen LogP contribution is -2.31. The summed E-state index contributed by atoms with van der Waals surface area (Å²) in [6, 6.07) is 3.93. The van der Waals surface area contributed by atoms with Gasteiger partial charge in [-0.25, -0.2) is 4.39 Å². The van der Waals surface area contributed by atoms with Crippen molar-refractivity contribution >= 4 is 11.6 Å². The standard InChI is InChI=1S/C15H21FN2O/c1-10-2-4-11(5-3-10)9-18-15(19)12-6-13(16)8-14(17)7-12/h6-8,10-11H,2-5,9,17H2,1H3,(H,18,19). The molecule has 19 heavy (non-hydrogen) atoms. The number of amides is 1. The summed E-state index contributed by atoms with van der Waals surface area (Å²) in [5.74, 6) is 0.627. The summed E-state index contributed by atoms with van der Waals surface area (Å²) in [7, 11) is 0. The predicted octanol–water partition coefficient (Wildman–Crippen LogP) is 2.96. The van der Waals surface area contributed by atoms with Crippen molar-refractivity contribution in [2.24, 2.45) is 11.8 Å². The van der Waals surface area contributed by atoms with Crippen molar-refractivity contribution in [2.45, 2.75) is 32.6 Å². The molecule has 104 valence electrons. The molecule has 0 saturated heterocycles. The van der Waals surface area contributed by atoms with Crippen LogP contribution in [0, 0.1) is 17.7 Å². The van der Waals surface area contributed by atoms with Crippen molar-refractivity contribution in [3.63, 3.8) is 0 Å². The average Bonchev–Trinajstić information content (AvgIpc) is 2.36. The third-order valence-corrected chi connectivity index (χ3v) is 3.87. The zero-order valence-electron chi connectivity index (χ0n) is 11.3. The normalized spacial score (nSPS) is 23.1. The SMILES string of the molecule is CC1CCC(CNC(=O)c2cc(N)cc(F)c2)CC1. The van der Waals surface area contributed by atoms with Gasteiger partial charge in [0.05, 0.1) is 0 Å². The van der Waals surface area contributed by atoms with Crippen LogP contribution in [0.15, 0.2) is 18.2 Å². The Bertz CT molecular complexity index is 433. The number of nitrogens with one attached hydrogen (secondary N) is 1. The minimum absolute atomic E-state index is 0.246. The Balaban J connectivity index is 1.87. The monoisotopic (exact) mass is 264 g/mol. The molecule has 0 aliphatic heterocycles. The lowest BCUT2D eigenvalue weighted by atomic mass is 9.83. The second-order valence-corrected chi connectivity index (χ2v) is 5.61. The van der Waals surface area contributed by atoms with Gasteiger partial charge in [-0.15, -0.1) is 0 Å². The number of carbonyl (C=O) groups excluding carboxylic acids is 1. The molecular formula is C15H21FN2O. The smallest absolute Gasteiger partial charge is 0.251 e. The Morgan fingerprint density at radius 1 is 1.32 bits per heavy atom. The third-order valence-electron chi connectivity index (χ3n) is 3.87. The van der Waals surface area contributed by atoms with E-state index in [1.807, 2.05) is 0 Å². The molecule has 4 heteroatoms. The number of benzene rings is 1. The fourth-order valence-corrected chi connectivity index (χ4v) is 2.62. The van der Waals surface area contributed by atoms with Gasteiger partial charge in [-0.05, 0) is 42.9 Å². The van der Waals surface area contributed by atoms with Gasteiger partial charge in [-0.3, -0.25) is 4.79 Å². The zero-order chi connectivity index (χ0) is 13.8. The minimum atomic E-state index is -0.475. The molecule has 2 rings (SSSR count). The maximum atomic E-state index is 13.2. The molecule has 0 atom stereocenters. The van der Waals surface area contributed by atoms with Crippen LogP contribution in [0.1, 0.15) is 43.0 Å². The maximum absolute atomic E-state index is 13.2. The number of rotatable bonds is 3. The van der Waals surface area contributed by atoms with Gasteiger partial charge in [0.25, 0.3) is 5.91 Å². The molecule has 1 aliphatic carbocycles. The molecule has 0 heterocycles. The van der Waals surface area contributed by atoms with Gasteiger partial charge in [0, 0.05) is 17.8 Å². The highest BCUT2D eigenvalue weighted by Gasteiger charge is 2.19. The van der Waals surface area contributed by atoms with E-state index >= 15 is 0 Å². The van der Waals surface area contributed by atoms with Crippen molar-refractivity contribution in [3.8, 4) is 0 Å². The molecule has 3 N–H and O–H groups in total. The Morgan fingerprint density at radius 3 is 2.63 bits per heavy atom. The molecule has 1 amide bonds. The summed E-state index contributed by atoms with van der Waals surface area (Å²) in [6.45, 7) is 2.94. The fourth-order valence-electron chi connectivity index (χ4n) is 2.62. The van der Waals surface area contributed by atoms with Crippen LogP contribution < -0.4 is 11.1 Å². The molecule has 1 aliphatic rings. The van der Waals surface area contributed by atoms with Gasteiger partial charge in [0.15, 0.2) is 0 Å². The third kappa shape index (κ3) is 3.94. The number of hydrogen-bond donors (Lipinski definition) is 2. The average molecular weight is 264 g/mol. The van der Waals surface area contributed by atoms with Gasteiger partial charge >= 0.3 is 0 Å². The lowest BCUT2D eigenvalue weighted by molar-refractivity contribution is 0.0941. The van der Waals surface area contributed by atoms with Crippen molar-refractivity contribution in [1.29, 1.82) is 0 Å². The first-order valence-corrected chi connectivity index (χ1v) is 6.89. The van der Waals surface area contributed by atoms with Gasteiger partial charge in [0.1, 0.15) is 5.82 Å². The summed E-state index contributed by atoms with van der Waals surface area (Å²) >= 11 is 0. The first-order chi connectivity index (χ1) is 9.04. The van der Waals surface area contributed by atoms with E-state index in [4.69, 9.17) is 5.73 Å². The molecule has 1 aromatic rings. The van der Waals surface area contributed by atoms with E-state index in [2.05, 4.69) is 12.2 Å². The van der Waals surface area contributed by atoms with E-state index in [-0.39, 0.29) is 11.6 Å². The van der Waals surface area contributed by atoms with Gasteiger partial charge < -0.3 is 11.1 Å². The molecule has 0 radical (unpaired) electrons. The highest BCUT2D eigenvalue weighted by atomic mass is 19.1. The largest absolute Gasteiger partial charge is 0.399 e. The van der Waals surface area contributed by atoms with Gasteiger partial charge in [-0.2, -0.15) is 0 Å². The van der Waals surface area contributed by atoms with E-state index in [9.17, 15) is 9.18 Å². The zero-order valence-corrected chi connectivity index (χ0v) is 11.3. The summed E-state index contributed by atoms with van der Waals surface area (Å²) in [5.41, 5.74) is 6.10. The van der Waals surface area contributed by atoms with Crippen LogP contribution in [0.2, 0.25) is 0 Å². The van der Waals surface area contributed by atoms with Crippen LogP contribution >= 0.6 is 0 Å². The van der Waals surface area contributed by atoms with E-state index in [1.165, 1.54) is 31.0 Å². The molecule has 0 aromatic heterocycles. The summed E-state index contributed by atoms with van der Waals surface area (Å²) in [6.07, 6.45) is 4.78. The van der Waals surface area contributed by atoms with Gasteiger partial charge in [0.2, 0.25) is 0 Å². The topological polar surface area (TPSA) is 55.1 Å². The maximum Gasteiger partial charge on any atom is 0.251 e. The molecule has 1 saturated carbocycles. The van der Waals surface area contributed by atoms with Crippen LogP contribution in [-0.4, -0.2) is 12.5 Å². The molecule has 0 bridgehead atoms. The van der Waals surface area contributed by atoms with E-state index in [0.29, 0.717) is 18.0 Å². The summed E-state index contributed by atoms with van der Waals surface area (Å²) < 4.78 is 13.2. The van der Waals surface area contributed by atoms with Crippen LogP contribution in [0.3, 0.4) is 0 Å². The number of anilines is 1. The quantitative estimate of drug-likeness (QED) is 0.825. The highest BCUT2D eigenvalue weighted by molar-refractivity contribution is 5.95. The number of nitrogen functional groups attached to an aromatic ring is 1. The Labute approximate surface area is 113 Å². The van der Waals surface area contributed by atoms with E-state index < -0.39 is 5.82 Å². The minimum Gasteiger partial charge on any atom is -0.399 e. The lowest BCUT2D eigenvalue weighted by Gasteiger charge is -2.26. The number of halogens is 1. The first-order valence-electron chi connectivity index (χ1n) is 6.89. The van der Waals surface area contributed by atoms with Crippen LogP contribution in [0.5, 0.6) is 0 Å². The predicted molar refractivity (Wildman–Crippen MR) is 74.3 cm³/mol. The van der Waals surface area contributed by atoms with Crippen LogP contribution in [0.25, 0.3) is 0 Å². The molecule has 0 spiro atoms. The second-order valence-electron chi connectivity index (χ2n) is 5.61.